The summed E-state index contributed by atoms with van der Waals surface area (Å²) in [6.45, 7) is 10.4. The van der Waals surface area contributed by atoms with E-state index in [0.29, 0.717) is 30.1 Å². The Morgan fingerprint density at radius 1 is 1.00 bits per heavy atom. The lowest BCUT2D eigenvalue weighted by Gasteiger charge is -2.61. The molecule has 29 heavy (non-hydrogen) atoms. The van der Waals surface area contributed by atoms with Gasteiger partial charge in [0, 0.05) is 38.5 Å². The van der Waals surface area contributed by atoms with Crippen molar-refractivity contribution >= 4 is 17.6 Å². The Hall–Kier alpha value is -1.39. The normalized spacial score (nSPS) is 44.2. The molecule has 0 spiro atoms. The van der Waals surface area contributed by atoms with E-state index in [1.807, 2.05) is 11.9 Å². The molecule has 4 aliphatic rings. The first kappa shape index (κ1) is 20.9. The number of carbonyl (C=O) groups is 3. The Labute approximate surface area is 175 Å². The van der Waals surface area contributed by atoms with Crippen molar-refractivity contribution in [3.8, 4) is 0 Å². The number of amides is 2. The number of carbonyl (C=O) groups excluding carboxylic acids is 3. The third-order valence-corrected chi connectivity index (χ3v) is 9.76. The standard InChI is InChI=1S/C24H38N2O3/c1-6-26(7-2)21(28)18-10-9-16-15-8-11-20-24(4,14-19(27)22(29)25(20)5)17(15)12-13-23(16,18)3/h15-18,20H,6-14H2,1-5H3/t15?,16?,17?,18-,20?,23?,24?/m1/s1. The number of nitrogens with zero attached hydrogens (tertiary/aromatic N) is 2. The summed E-state index contributed by atoms with van der Waals surface area (Å²) in [6, 6.07) is 0.188. The minimum atomic E-state index is -0.294. The molecule has 0 aromatic heterocycles. The van der Waals surface area contributed by atoms with Crippen LogP contribution in [-0.2, 0) is 14.4 Å². The van der Waals surface area contributed by atoms with Crippen LogP contribution in [0.5, 0.6) is 0 Å². The first-order valence-corrected chi connectivity index (χ1v) is 11.8. The van der Waals surface area contributed by atoms with Gasteiger partial charge in [-0.3, -0.25) is 14.4 Å². The van der Waals surface area contributed by atoms with Crippen LogP contribution in [0.3, 0.4) is 0 Å². The topological polar surface area (TPSA) is 57.7 Å². The summed E-state index contributed by atoms with van der Waals surface area (Å²) in [4.78, 5) is 41.8. The van der Waals surface area contributed by atoms with E-state index in [2.05, 4.69) is 27.7 Å². The van der Waals surface area contributed by atoms with E-state index in [1.165, 1.54) is 0 Å². The monoisotopic (exact) mass is 402 g/mol. The molecule has 1 heterocycles. The fourth-order valence-corrected chi connectivity index (χ4v) is 8.24. The highest BCUT2D eigenvalue weighted by Crippen LogP contribution is 2.66. The first-order valence-electron chi connectivity index (χ1n) is 11.8. The lowest BCUT2D eigenvalue weighted by molar-refractivity contribution is -0.168. The van der Waals surface area contributed by atoms with Crippen LogP contribution in [0.1, 0.15) is 72.6 Å². The average Bonchev–Trinajstić information content (AvgIpc) is 3.04. The molecule has 7 atom stereocenters. The van der Waals surface area contributed by atoms with E-state index >= 15 is 0 Å². The fourth-order valence-electron chi connectivity index (χ4n) is 8.24. The second-order valence-corrected chi connectivity index (χ2v) is 10.7. The van der Waals surface area contributed by atoms with Crippen molar-refractivity contribution in [3.05, 3.63) is 0 Å². The van der Waals surface area contributed by atoms with E-state index < -0.39 is 0 Å². The molecule has 0 aromatic rings. The molecule has 4 fully saturated rings. The van der Waals surface area contributed by atoms with Crippen LogP contribution in [0.4, 0.5) is 0 Å². The second-order valence-electron chi connectivity index (χ2n) is 10.7. The van der Waals surface area contributed by atoms with Gasteiger partial charge in [-0.05, 0) is 81.0 Å². The predicted octanol–water partition coefficient (Wildman–Crippen LogP) is 3.51. The average molecular weight is 403 g/mol. The molecular formula is C24H38N2O3. The minimum Gasteiger partial charge on any atom is -0.343 e. The van der Waals surface area contributed by atoms with E-state index in [-0.39, 0.29) is 34.5 Å². The number of ketones is 1. The van der Waals surface area contributed by atoms with Crippen LogP contribution in [0, 0.1) is 34.5 Å². The number of likely N-dealkylation sites (N-methyl/N-ethyl adjacent to an activating group) is 1. The second kappa shape index (κ2) is 7.09. The molecule has 1 aliphatic heterocycles. The van der Waals surface area contributed by atoms with Crippen LogP contribution in [-0.4, -0.2) is 53.6 Å². The van der Waals surface area contributed by atoms with Gasteiger partial charge >= 0.3 is 0 Å². The van der Waals surface area contributed by atoms with Crippen molar-refractivity contribution in [1.82, 2.24) is 9.80 Å². The maximum absolute atomic E-state index is 13.3. The van der Waals surface area contributed by atoms with Gasteiger partial charge in [-0.15, -0.1) is 0 Å². The summed E-state index contributed by atoms with van der Waals surface area (Å²) in [5.41, 5.74) is -0.0185. The predicted molar refractivity (Wildman–Crippen MR) is 112 cm³/mol. The summed E-state index contributed by atoms with van der Waals surface area (Å²) in [6.07, 6.45) is 6.84. The zero-order valence-corrected chi connectivity index (χ0v) is 18.9. The summed E-state index contributed by atoms with van der Waals surface area (Å²) in [5.74, 6) is 1.65. The van der Waals surface area contributed by atoms with Crippen molar-refractivity contribution in [3.63, 3.8) is 0 Å². The number of fused-ring (bicyclic) bond motifs is 5. The Kier molecular flexibility index (Phi) is 5.10. The summed E-state index contributed by atoms with van der Waals surface area (Å²) in [7, 11) is 1.82. The van der Waals surface area contributed by atoms with Gasteiger partial charge in [-0.1, -0.05) is 13.8 Å². The maximum atomic E-state index is 13.3. The van der Waals surface area contributed by atoms with Crippen molar-refractivity contribution in [1.29, 1.82) is 0 Å². The highest BCUT2D eigenvalue weighted by molar-refractivity contribution is 6.36. The third kappa shape index (κ3) is 2.82. The smallest absolute Gasteiger partial charge is 0.289 e. The molecule has 6 unspecified atom stereocenters. The summed E-state index contributed by atoms with van der Waals surface area (Å²) < 4.78 is 0. The molecule has 0 N–H and O–H groups in total. The van der Waals surface area contributed by atoms with Gasteiger partial charge in [0.15, 0.2) is 0 Å². The molecule has 162 valence electrons. The lowest BCUT2D eigenvalue weighted by Crippen LogP contribution is -2.63. The van der Waals surface area contributed by atoms with Gasteiger partial charge in [0.05, 0.1) is 0 Å². The van der Waals surface area contributed by atoms with Gasteiger partial charge in [-0.25, -0.2) is 0 Å². The lowest BCUT2D eigenvalue weighted by atomic mass is 9.46. The van der Waals surface area contributed by atoms with Gasteiger partial charge in [0.1, 0.15) is 0 Å². The Bertz CT molecular complexity index is 717. The highest BCUT2D eigenvalue weighted by Gasteiger charge is 2.63. The van der Waals surface area contributed by atoms with Crippen LogP contribution in [0.15, 0.2) is 0 Å². The molecule has 0 radical (unpaired) electrons. The molecule has 3 aliphatic carbocycles. The summed E-state index contributed by atoms with van der Waals surface area (Å²) in [5, 5.41) is 0. The number of rotatable bonds is 3. The van der Waals surface area contributed by atoms with Crippen LogP contribution in [0.25, 0.3) is 0 Å². The van der Waals surface area contributed by atoms with Crippen molar-refractivity contribution in [2.75, 3.05) is 20.1 Å². The molecule has 0 aromatic carbocycles. The number of Topliss-reactive ketones (excluding diaryl/α,β-unsaturated/α-hetero) is 1. The van der Waals surface area contributed by atoms with Gasteiger partial charge in [-0.2, -0.15) is 0 Å². The minimum absolute atomic E-state index is 0.0877. The van der Waals surface area contributed by atoms with Gasteiger partial charge < -0.3 is 9.80 Å². The van der Waals surface area contributed by atoms with E-state index in [0.717, 1.165) is 51.6 Å². The molecule has 4 rings (SSSR count). The van der Waals surface area contributed by atoms with Crippen LogP contribution >= 0.6 is 0 Å². The Morgan fingerprint density at radius 2 is 1.66 bits per heavy atom. The summed E-state index contributed by atoms with van der Waals surface area (Å²) >= 11 is 0. The van der Waals surface area contributed by atoms with Crippen molar-refractivity contribution in [2.24, 2.45) is 34.5 Å². The zero-order chi connectivity index (χ0) is 21.1. The van der Waals surface area contributed by atoms with Crippen molar-refractivity contribution < 1.29 is 14.4 Å². The third-order valence-electron chi connectivity index (χ3n) is 9.76. The fraction of sp³-hybridized carbons (Fsp3) is 0.875. The molecule has 5 heteroatoms. The molecule has 1 saturated heterocycles. The molecule has 5 nitrogen and oxygen atoms in total. The van der Waals surface area contributed by atoms with Gasteiger partial charge in [0.25, 0.3) is 5.91 Å². The zero-order valence-electron chi connectivity index (χ0n) is 18.9. The number of hydrogen-bond donors (Lipinski definition) is 0. The Morgan fingerprint density at radius 3 is 2.31 bits per heavy atom. The quantitative estimate of drug-likeness (QED) is 0.679. The van der Waals surface area contributed by atoms with E-state index in [1.54, 1.807) is 4.90 Å². The van der Waals surface area contributed by atoms with Gasteiger partial charge in [0.2, 0.25) is 11.7 Å². The van der Waals surface area contributed by atoms with Crippen LogP contribution in [0.2, 0.25) is 0 Å². The molecule has 3 saturated carbocycles. The molecule has 0 bridgehead atoms. The van der Waals surface area contributed by atoms with E-state index in [9.17, 15) is 14.4 Å². The first-order chi connectivity index (χ1) is 13.7. The number of likely N-dealkylation sites (tertiary alicyclic amines) is 1. The Balaban J connectivity index is 1.61. The number of piperidine rings is 1. The maximum Gasteiger partial charge on any atom is 0.289 e. The molecular weight excluding hydrogens is 364 g/mol. The SMILES string of the molecule is CCN(CC)C(=O)[C@H]1CCC2C3CCC4N(C)C(=O)C(=O)CC4(C)C3CCC21C. The number of hydrogen-bond acceptors (Lipinski definition) is 3. The van der Waals surface area contributed by atoms with Crippen LogP contribution < -0.4 is 0 Å². The largest absolute Gasteiger partial charge is 0.343 e. The van der Waals surface area contributed by atoms with E-state index in [4.69, 9.17) is 0 Å². The highest BCUT2D eigenvalue weighted by atomic mass is 16.2. The molecule has 2 amide bonds. The van der Waals surface area contributed by atoms with Crippen molar-refractivity contribution in [2.45, 2.75) is 78.7 Å².